The van der Waals surface area contributed by atoms with E-state index in [1.54, 1.807) is 12.1 Å². The first-order valence-electron chi connectivity index (χ1n) is 8.73. The average Bonchev–Trinajstić information content (AvgIpc) is 3.10. The maximum absolute atomic E-state index is 13.2. The van der Waals surface area contributed by atoms with Crippen LogP contribution in [0.1, 0.15) is 38.3 Å². The zero-order chi connectivity index (χ0) is 17.8. The van der Waals surface area contributed by atoms with Gasteiger partial charge in [-0.15, -0.1) is 0 Å². The minimum atomic E-state index is -0.358. The predicted octanol–water partition coefficient (Wildman–Crippen LogP) is 2.67. The molecular weight excluding hydrogens is 321 g/mol. The molecule has 1 aromatic heterocycles. The number of amides is 1. The van der Waals surface area contributed by atoms with E-state index < -0.39 is 0 Å². The molecule has 1 heterocycles. The predicted molar refractivity (Wildman–Crippen MR) is 93.7 cm³/mol. The van der Waals surface area contributed by atoms with Crippen molar-refractivity contribution in [2.24, 2.45) is 0 Å². The summed E-state index contributed by atoms with van der Waals surface area (Å²) in [6, 6.07) is 7.44. The van der Waals surface area contributed by atoms with Gasteiger partial charge in [-0.1, -0.05) is 19.8 Å². The van der Waals surface area contributed by atoms with Crippen molar-refractivity contribution in [2.75, 3.05) is 0 Å². The second-order valence-electron chi connectivity index (χ2n) is 6.40. The lowest BCUT2D eigenvalue weighted by Gasteiger charge is -2.16. The molecule has 1 fully saturated rings. The van der Waals surface area contributed by atoms with E-state index in [2.05, 4.69) is 10.3 Å². The second kappa shape index (κ2) is 7.59. The number of nitrogens with one attached hydrogen (secondary N) is 1. The van der Waals surface area contributed by atoms with Crippen molar-refractivity contribution in [2.45, 2.75) is 51.6 Å². The van der Waals surface area contributed by atoms with Gasteiger partial charge in [0.1, 0.15) is 18.2 Å². The first kappa shape index (κ1) is 17.3. The number of nitrogens with zero attached hydrogens (tertiary/aromatic N) is 2. The van der Waals surface area contributed by atoms with Crippen LogP contribution in [0.5, 0.6) is 0 Å². The van der Waals surface area contributed by atoms with Gasteiger partial charge in [-0.25, -0.2) is 9.37 Å². The standard InChI is InChI=1S/C19H22FN3O2/c1-2-15-11-18(25)23(12-17(24)21-16-5-3-4-6-16)19(22-15)13-7-9-14(20)10-8-13/h7-11,16H,2-6,12H2,1H3,(H,21,24). The third kappa shape index (κ3) is 4.13. The molecule has 0 aliphatic heterocycles. The first-order chi connectivity index (χ1) is 12.1. The summed E-state index contributed by atoms with van der Waals surface area (Å²) in [4.78, 5) is 29.4. The molecule has 25 heavy (non-hydrogen) atoms. The molecule has 1 amide bonds. The minimum absolute atomic E-state index is 0.0843. The number of carbonyl (C=O) groups is 1. The number of hydrogen-bond acceptors (Lipinski definition) is 3. The van der Waals surface area contributed by atoms with Crippen LogP contribution in [0, 0.1) is 5.82 Å². The van der Waals surface area contributed by atoms with E-state index in [4.69, 9.17) is 0 Å². The third-order valence-electron chi connectivity index (χ3n) is 4.55. The molecule has 132 valence electrons. The quantitative estimate of drug-likeness (QED) is 0.908. The molecule has 0 unspecified atom stereocenters. The van der Waals surface area contributed by atoms with Crippen LogP contribution in [0.3, 0.4) is 0 Å². The molecule has 0 bridgehead atoms. The van der Waals surface area contributed by atoms with Crippen LogP contribution in [-0.2, 0) is 17.8 Å². The molecule has 5 nitrogen and oxygen atoms in total. The molecule has 1 aliphatic carbocycles. The van der Waals surface area contributed by atoms with Crippen molar-refractivity contribution in [1.82, 2.24) is 14.9 Å². The number of halogens is 1. The zero-order valence-electron chi connectivity index (χ0n) is 14.3. The number of rotatable bonds is 5. The van der Waals surface area contributed by atoms with Gasteiger partial charge >= 0.3 is 0 Å². The van der Waals surface area contributed by atoms with Gasteiger partial charge in [-0.3, -0.25) is 14.2 Å². The lowest BCUT2D eigenvalue weighted by Crippen LogP contribution is -2.38. The fourth-order valence-corrected chi connectivity index (χ4v) is 3.19. The summed E-state index contributed by atoms with van der Waals surface area (Å²) >= 11 is 0. The number of aryl methyl sites for hydroxylation is 1. The van der Waals surface area contributed by atoms with Gasteiger partial charge in [0.25, 0.3) is 5.56 Å². The van der Waals surface area contributed by atoms with E-state index in [9.17, 15) is 14.0 Å². The van der Waals surface area contributed by atoms with Crippen molar-refractivity contribution in [1.29, 1.82) is 0 Å². The Labute approximate surface area is 145 Å². The summed E-state index contributed by atoms with van der Waals surface area (Å²) in [5, 5.41) is 2.98. The molecule has 0 spiro atoms. The van der Waals surface area contributed by atoms with Gasteiger partial charge in [0.2, 0.25) is 5.91 Å². The highest BCUT2D eigenvalue weighted by atomic mass is 19.1. The third-order valence-corrected chi connectivity index (χ3v) is 4.55. The Bertz CT molecular complexity index is 808. The van der Waals surface area contributed by atoms with Gasteiger partial charge in [-0.2, -0.15) is 0 Å². The zero-order valence-corrected chi connectivity index (χ0v) is 14.3. The molecule has 1 saturated carbocycles. The van der Waals surface area contributed by atoms with Crippen LogP contribution in [0.15, 0.2) is 35.1 Å². The Morgan fingerprint density at radius 1 is 1.28 bits per heavy atom. The fourth-order valence-electron chi connectivity index (χ4n) is 3.19. The summed E-state index contributed by atoms with van der Waals surface area (Å²) < 4.78 is 14.6. The Kier molecular flexibility index (Phi) is 5.26. The minimum Gasteiger partial charge on any atom is -0.352 e. The van der Waals surface area contributed by atoms with Crippen molar-refractivity contribution in [3.63, 3.8) is 0 Å². The summed E-state index contributed by atoms with van der Waals surface area (Å²) in [7, 11) is 0. The summed E-state index contributed by atoms with van der Waals surface area (Å²) in [6.45, 7) is 1.83. The highest BCUT2D eigenvalue weighted by Crippen LogP contribution is 2.19. The van der Waals surface area contributed by atoms with Crippen LogP contribution in [0.2, 0.25) is 0 Å². The lowest BCUT2D eigenvalue weighted by atomic mass is 10.2. The second-order valence-corrected chi connectivity index (χ2v) is 6.40. The van der Waals surface area contributed by atoms with Gasteiger partial charge in [0, 0.05) is 23.4 Å². The maximum Gasteiger partial charge on any atom is 0.254 e. The number of aromatic nitrogens is 2. The van der Waals surface area contributed by atoms with Crippen LogP contribution in [-0.4, -0.2) is 21.5 Å². The van der Waals surface area contributed by atoms with E-state index in [0.717, 1.165) is 25.7 Å². The Morgan fingerprint density at radius 2 is 1.96 bits per heavy atom. The molecule has 0 saturated heterocycles. The average molecular weight is 343 g/mol. The Hall–Kier alpha value is -2.50. The van der Waals surface area contributed by atoms with Crippen LogP contribution < -0.4 is 10.9 Å². The molecule has 1 aromatic carbocycles. The van der Waals surface area contributed by atoms with E-state index in [1.807, 2.05) is 6.92 Å². The SMILES string of the molecule is CCc1cc(=O)n(CC(=O)NC2CCCC2)c(-c2ccc(F)cc2)n1. The largest absolute Gasteiger partial charge is 0.352 e. The smallest absolute Gasteiger partial charge is 0.254 e. The van der Waals surface area contributed by atoms with Crippen LogP contribution in [0.4, 0.5) is 4.39 Å². The van der Waals surface area contributed by atoms with E-state index in [-0.39, 0.29) is 29.9 Å². The van der Waals surface area contributed by atoms with Crippen molar-refractivity contribution < 1.29 is 9.18 Å². The molecule has 1 aliphatic rings. The number of carbonyl (C=O) groups excluding carboxylic acids is 1. The van der Waals surface area contributed by atoms with Gasteiger partial charge in [0.05, 0.1) is 0 Å². The number of hydrogen-bond donors (Lipinski definition) is 1. The molecule has 2 aromatic rings. The van der Waals surface area contributed by atoms with E-state index in [1.165, 1.54) is 22.8 Å². The Morgan fingerprint density at radius 3 is 2.60 bits per heavy atom. The Balaban J connectivity index is 1.92. The van der Waals surface area contributed by atoms with Gasteiger partial charge in [-0.05, 0) is 43.5 Å². The summed E-state index contributed by atoms with van der Waals surface area (Å²) in [5.74, 6) is -0.155. The van der Waals surface area contributed by atoms with Crippen LogP contribution >= 0.6 is 0 Å². The molecule has 6 heteroatoms. The van der Waals surface area contributed by atoms with Crippen molar-refractivity contribution >= 4 is 5.91 Å². The fraction of sp³-hybridized carbons (Fsp3) is 0.421. The van der Waals surface area contributed by atoms with Crippen LogP contribution in [0.25, 0.3) is 11.4 Å². The number of benzene rings is 1. The topological polar surface area (TPSA) is 64.0 Å². The highest BCUT2D eigenvalue weighted by Gasteiger charge is 2.19. The normalized spacial score (nSPS) is 14.6. The molecule has 0 radical (unpaired) electrons. The molecule has 0 atom stereocenters. The van der Waals surface area contributed by atoms with Crippen molar-refractivity contribution in [3.05, 3.63) is 52.2 Å². The highest BCUT2D eigenvalue weighted by molar-refractivity contribution is 5.76. The first-order valence-corrected chi connectivity index (χ1v) is 8.73. The monoisotopic (exact) mass is 343 g/mol. The lowest BCUT2D eigenvalue weighted by molar-refractivity contribution is -0.122. The maximum atomic E-state index is 13.2. The molecular formula is C19H22FN3O2. The molecule has 3 rings (SSSR count). The van der Waals surface area contributed by atoms with E-state index >= 15 is 0 Å². The van der Waals surface area contributed by atoms with E-state index in [0.29, 0.717) is 23.5 Å². The van der Waals surface area contributed by atoms with Gasteiger partial charge < -0.3 is 5.32 Å². The van der Waals surface area contributed by atoms with Crippen molar-refractivity contribution in [3.8, 4) is 11.4 Å². The summed E-state index contributed by atoms with van der Waals surface area (Å²) in [6.07, 6.45) is 4.83. The van der Waals surface area contributed by atoms with Gasteiger partial charge in [0.15, 0.2) is 0 Å². The summed E-state index contributed by atoms with van der Waals surface area (Å²) in [5.41, 5.74) is 0.993. The molecule has 1 N–H and O–H groups in total.